The fourth-order valence-electron chi connectivity index (χ4n) is 1.95. The third kappa shape index (κ3) is 2.32. The number of ether oxygens (including phenoxy) is 1. The van der Waals surface area contributed by atoms with Crippen LogP contribution in [0.1, 0.15) is 5.56 Å². The van der Waals surface area contributed by atoms with Gasteiger partial charge in [-0.15, -0.1) is 0 Å². The Morgan fingerprint density at radius 1 is 1.44 bits per heavy atom. The summed E-state index contributed by atoms with van der Waals surface area (Å²) in [7, 11) is 1.58. The zero-order valence-electron chi connectivity index (χ0n) is 9.21. The molecule has 0 spiro atoms. The lowest BCUT2D eigenvalue weighted by Gasteiger charge is -2.15. The summed E-state index contributed by atoms with van der Waals surface area (Å²) in [5, 5.41) is 18.9. The molecule has 2 unspecified atom stereocenters. The van der Waals surface area contributed by atoms with E-state index in [1.165, 1.54) is 0 Å². The standard InChI is InChI=1S/C11H16N2O3/c1-16-11-8(3-2-4-12-11)5-13-6-9(14)10(15)7-13/h2-4,9-10,14-15H,5-7H2,1H3. The van der Waals surface area contributed by atoms with Crippen molar-refractivity contribution in [3.8, 4) is 5.88 Å². The summed E-state index contributed by atoms with van der Waals surface area (Å²) in [6, 6.07) is 3.78. The lowest BCUT2D eigenvalue weighted by atomic mass is 10.2. The van der Waals surface area contributed by atoms with Crippen molar-refractivity contribution in [1.29, 1.82) is 0 Å². The Morgan fingerprint density at radius 2 is 2.12 bits per heavy atom. The minimum Gasteiger partial charge on any atom is -0.481 e. The van der Waals surface area contributed by atoms with E-state index in [2.05, 4.69) is 4.98 Å². The molecular weight excluding hydrogens is 208 g/mol. The summed E-state index contributed by atoms with van der Waals surface area (Å²) in [6.07, 6.45) is 0.376. The lowest BCUT2D eigenvalue weighted by molar-refractivity contribution is 0.0572. The van der Waals surface area contributed by atoms with Crippen molar-refractivity contribution in [2.45, 2.75) is 18.8 Å². The third-order valence-electron chi connectivity index (χ3n) is 2.77. The molecule has 0 aliphatic carbocycles. The molecule has 2 atom stereocenters. The minimum absolute atomic E-state index is 0.485. The molecule has 1 aromatic rings. The summed E-state index contributed by atoms with van der Waals surface area (Å²) < 4.78 is 5.15. The molecule has 1 fully saturated rings. The van der Waals surface area contributed by atoms with Crippen LogP contribution in [0.2, 0.25) is 0 Å². The normalized spacial score (nSPS) is 25.9. The van der Waals surface area contributed by atoms with Gasteiger partial charge in [-0.2, -0.15) is 0 Å². The number of nitrogens with zero attached hydrogens (tertiary/aromatic N) is 2. The van der Waals surface area contributed by atoms with Crippen molar-refractivity contribution in [1.82, 2.24) is 9.88 Å². The first-order valence-corrected chi connectivity index (χ1v) is 5.27. The Bertz CT molecular complexity index is 349. The molecule has 0 aromatic carbocycles. The van der Waals surface area contributed by atoms with Gasteiger partial charge in [-0.1, -0.05) is 6.07 Å². The van der Waals surface area contributed by atoms with Gasteiger partial charge in [0.1, 0.15) is 0 Å². The highest BCUT2D eigenvalue weighted by molar-refractivity contribution is 5.25. The number of aromatic nitrogens is 1. The van der Waals surface area contributed by atoms with Crippen LogP contribution in [-0.4, -0.2) is 52.5 Å². The Morgan fingerprint density at radius 3 is 2.75 bits per heavy atom. The molecule has 1 aliphatic rings. The summed E-state index contributed by atoms with van der Waals surface area (Å²) in [6.45, 7) is 1.60. The van der Waals surface area contributed by atoms with E-state index in [-0.39, 0.29) is 0 Å². The van der Waals surface area contributed by atoms with Crippen molar-refractivity contribution >= 4 is 0 Å². The van der Waals surface area contributed by atoms with Crippen LogP contribution < -0.4 is 4.74 Å². The maximum atomic E-state index is 9.43. The molecule has 88 valence electrons. The van der Waals surface area contributed by atoms with E-state index < -0.39 is 12.2 Å². The van der Waals surface area contributed by atoms with Crippen molar-refractivity contribution in [2.24, 2.45) is 0 Å². The Balaban J connectivity index is 2.04. The minimum atomic E-state index is -0.650. The topological polar surface area (TPSA) is 65.8 Å². The maximum absolute atomic E-state index is 9.43. The molecule has 5 heteroatoms. The molecule has 0 radical (unpaired) electrons. The number of aliphatic hydroxyl groups excluding tert-OH is 2. The molecule has 1 saturated heterocycles. The monoisotopic (exact) mass is 224 g/mol. The number of likely N-dealkylation sites (tertiary alicyclic amines) is 1. The van der Waals surface area contributed by atoms with Gasteiger partial charge in [0, 0.05) is 31.4 Å². The second-order valence-electron chi connectivity index (χ2n) is 4.00. The average molecular weight is 224 g/mol. The Kier molecular flexibility index (Phi) is 3.38. The average Bonchev–Trinajstić information content (AvgIpc) is 2.59. The van der Waals surface area contributed by atoms with E-state index >= 15 is 0 Å². The highest BCUT2D eigenvalue weighted by Gasteiger charge is 2.29. The van der Waals surface area contributed by atoms with Gasteiger partial charge >= 0.3 is 0 Å². The predicted octanol–water partition coefficient (Wildman–Crippen LogP) is -0.372. The molecule has 1 aliphatic heterocycles. The quantitative estimate of drug-likeness (QED) is 0.733. The van der Waals surface area contributed by atoms with Crippen LogP contribution in [0.15, 0.2) is 18.3 Å². The summed E-state index contributed by atoms with van der Waals surface area (Å²) in [5.74, 6) is 0.596. The van der Waals surface area contributed by atoms with Gasteiger partial charge < -0.3 is 14.9 Å². The highest BCUT2D eigenvalue weighted by atomic mass is 16.5. The largest absolute Gasteiger partial charge is 0.481 e. The molecule has 2 rings (SSSR count). The molecule has 0 bridgehead atoms. The van der Waals surface area contributed by atoms with Crippen molar-refractivity contribution in [3.05, 3.63) is 23.9 Å². The van der Waals surface area contributed by atoms with Crippen LogP contribution in [0, 0.1) is 0 Å². The molecular formula is C11H16N2O3. The van der Waals surface area contributed by atoms with Gasteiger partial charge in [-0.3, -0.25) is 4.90 Å². The van der Waals surface area contributed by atoms with Gasteiger partial charge in [0.15, 0.2) is 0 Å². The molecule has 0 saturated carbocycles. The predicted molar refractivity (Wildman–Crippen MR) is 58.1 cm³/mol. The SMILES string of the molecule is COc1ncccc1CN1CC(O)C(O)C1. The fraction of sp³-hybridized carbons (Fsp3) is 0.545. The first-order valence-electron chi connectivity index (χ1n) is 5.27. The molecule has 2 heterocycles. The van der Waals surface area contributed by atoms with Crippen LogP contribution in [0.25, 0.3) is 0 Å². The van der Waals surface area contributed by atoms with E-state index in [4.69, 9.17) is 4.74 Å². The zero-order valence-corrected chi connectivity index (χ0v) is 9.21. The second kappa shape index (κ2) is 4.78. The molecule has 16 heavy (non-hydrogen) atoms. The van der Waals surface area contributed by atoms with Crippen molar-refractivity contribution in [2.75, 3.05) is 20.2 Å². The van der Waals surface area contributed by atoms with Crippen LogP contribution in [0.5, 0.6) is 5.88 Å². The molecule has 2 N–H and O–H groups in total. The van der Waals surface area contributed by atoms with E-state index in [0.717, 1.165) is 5.56 Å². The lowest BCUT2D eigenvalue weighted by Crippen LogP contribution is -2.22. The van der Waals surface area contributed by atoms with Gasteiger partial charge in [0.05, 0.1) is 19.3 Å². The van der Waals surface area contributed by atoms with Crippen molar-refractivity contribution in [3.63, 3.8) is 0 Å². The number of pyridine rings is 1. The molecule has 0 amide bonds. The molecule has 1 aromatic heterocycles. The summed E-state index contributed by atoms with van der Waals surface area (Å²) in [5.41, 5.74) is 0.964. The van der Waals surface area contributed by atoms with E-state index in [0.29, 0.717) is 25.5 Å². The first kappa shape index (κ1) is 11.3. The van der Waals surface area contributed by atoms with E-state index in [1.807, 2.05) is 17.0 Å². The van der Waals surface area contributed by atoms with E-state index in [1.54, 1.807) is 13.3 Å². The van der Waals surface area contributed by atoms with Crippen LogP contribution in [0.3, 0.4) is 0 Å². The maximum Gasteiger partial charge on any atom is 0.217 e. The van der Waals surface area contributed by atoms with Gasteiger partial charge in [0.2, 0.25) is 5.88 Å². The number of β-amino-alcohol motifs (C(OH)–C–C–N with tert-alkyl or cyclic N) is 2. The van der Waals surface area contributed by atoms with Crippen LogP contribution in [0.4, 0.5) is 0 Å². The van der Waals surface area contributed by atoms with Crippen LogP contribution >= 0.6 is 0 Å². The zero-order chi connectivity index (χ0) is 11.5. The number of hydrogen-bond acceptors (Lipinski definition) is 5. The summed E-state index contributed by atoms with van der Waals surface area (Å²) in [4.78, 5) is 6.08. The van der Waals surface area contributed by atoms with Crippen molar-refractivity contribution < 1.29 is 14.9 Å². The van der Waals surface area contributed by atoms with Gasteiger partial charge in [-0.05, 0) is 6.07 Å². The number of hydrogen-bond donors (Lipinski definition) is 2. The number of methoxy groups -OCH3 is 1. The van der Waals surface area contributed by atoms with Gasteiger partial charge in [0.25, 0.3) is 0 Å². The fourth-order valence-corrected chi connectivity index (χ4v) is 1.95. The third-order valence-corrected chi connectivity index (χ3v) is 2.77. The molecule has 5 nitrogen and oxygen atoms in total. The smallest absolute Gasteiger partial charge is 0.217 e. The summed E-state index contributed by atoms with van der Waals surface area (Å²) >= 11 is 0. The Labute approximate surface area is 94.3 Å². The number of aliphatic hydroxyl groups is 2. The van der Waals surface area contributed by atoms with Crippen LogP contribution in [-0.2, 0) is 6.54 Å². The second-order valence-corrected chi connectivity index (χ2v) is 4.00. The Hall–Kier alpha value is -1.17. The highest BCUT2D eigenvalue weighted by Crippen LogP contribution is 2.19. The van der Waals surface area contributed by atoms with E-state index in [9.17, 15) is 10.2 Å². The number of rotatable bonds is 3. The van der Waals surface area contributed by atoms with Gasteiger partial charge in [-0.25, -0.2) is 4.98 Å². The first-order chi connectivity index (χ1) is 7.70.